The highest BCUT2D eigenvalue weighted by molar-refractivity contribution is 5.97. The largest absolute Gasteiger partial charge is 0.480 e. The second-order valence-corrected chi connectivity index (χ2v) is 6.79. The number of carbonyl (C=O) groups excluding carboxylic acids is 1. The Labute approximate surface area is 154 Å². The van der Waals surface area contributed by atoms with Gasteiger partial charge in [0.25, 0.3) is 5.91 Å². The van der Waals surface area contributed by atoms with Gasteiger partial charge in [-0.2, -0.15) is 13.2 Å². The molecule has 0 fully saturated rings. The summed E-state index contributed by atoms with van der Waals surface area (Å²) in [5, 5.41) is 11.7. The van der Waals surface area contributed by atoms with Crippen LogP contribution in [-0.2, 0) is 17.4 Å². The Morgan fingerprint density at radius 2 is 1.96 bits per heavy atom. The predicted molar refractivity (Wildman–Crippen MR) is 92.5 cm³/mol. The van der Waals surface area contributed by atoms with Gasteiger partial charge < -0.3 is 10.4 Å². The molecule has 0 aliphatic heterocycles. The molecule has 0 aliphatic rings. The van der Waals surface area contributed by atoms with Crippen LogP contribution in [-0.4, -0.2) is 32.4 Å². The number of alkyl halides is 3. The minimum atomic E-state index is -4.57. The first-order valence-corrected chi connectivity index (χ1v) is 8.66. The monoisotopic (exact) mass is 385 g/mol. The van der Waals surface area contributed by atoms with Crippen molar-refractivity contribution in [1.82, 2.24) is 14.7 Å². The van der Waals surface area contributed by atoms with Crippen molar-refractivity contribution >= 4 is 17.5 Å². The second-order valence-electron chi connectivity index (χ2n) is 6.79. The molecule has 27 heavy (non-hydrogen) atoms. The zero-order valence-corrected chi connectivity index (χ0v) is 15.3. The molecule has 9 heteroatoms. The van der Waals surface area contributed by atoms with E-state index in [1.54, 1.807) is 0 Å². The van der Waals surface area contributed by atoms with Gasteiger partial charge in [0.2, 0.25) is 0 Å². The van der Waals surface area contributed by atoms with Crippen LogP contribution in [0.1, 0.15) is 55.4 Å². The quantitative estimate of drug-likeness (QED) is 0.764. The number of imidazole rings is 1. The van der Waals surface area contributed by atoms with Crippen LogP contribution in [0.4, 0.5) is 13.2 Å². The third kappa shape index (κ3) is 4.78. The Hall–Kier alpha value is -2.58. The second kappa shape index (κ2) is 7.98. The Kier molecular flexibility index (Phi) is 6.12. The Bertz CT molecular complexity index is 843. The van der Waals surface area contributed by atoms with Gasteiger partial charge in [0.1, 0.15) is 17.4 Å². The van der Waals surface area contributed by atoms with Gasteiger partial charge in [-0.1, -0.05) is 27.2 Å². The lowest BCUT2D eigenvalue weighted by Gasteiger charge is -2.17. The van der Waals surface area contributed by atoms with Crippen molar-refractivity contribution in [3.8, 4) is 0 Å². The zero-order chi connectivity index (χ0) is 20.4. The molecule has 0 aromatic carbocycles. The first-order chi connectivity index (χ1) is 12.5. The fourth-order valence-corrected chi connectivity index (χ4v) is 2.83. The van der Waals surface area contributed by atoms with Gasteiger partial charge in [-0.25, -0.2) is 9.78 Å². The van der Waals surface area contributed by atoms with E-state index in [-0.39, 0.29) is 23.7 Å². The summed E-state index contributed by atoms with van der Waals surface area (Å²) in [6, 6.07) is 0.962. The third-order valence-electron chi connectivity index (χ3n) is 4.03. The highest BCUT2D eigenvalue weighted by atomic mass is 19.4. The van der Waals surface area contributed by atoms with Crippen LogP contribution in [0.2, 0.25) is 0 Å². The molecule has 2 N–H and O–H groups in total. The number of nitrogens with zero attached hydrogens (tertiary/aromatic N) is 2. The summed E-state index contributed by atoms with van der Waals surface area (Å²) in [4.78, 5) is 28.4. The van der Waals surface area contributed by atoms with E-state index >= 15 is 0 Å². The minimum absolute atomic E-state index is 0.0144. The van der Waals surface area contributed by atoms with Crippen molar-refractivity contribution in [2.45, 2.75) is 52.3 Å². The number of fused-ring (bicyclic) bond motifs is 1. The molecule has 0 spiro atoms. The van der Waals surface area contributed by atoms with Crippen LogP contribution in [0.15, 0.2) is 18.3 Å². The summed E-state index contributed by atoms with van der Waals surface area (Å²) in [5.41, 5.74) is -0.440. The lowest BCUT2D eigenvalue weighted by atomic mass is 10.0. The number of carboxylic acid groups (broad SMARTS) is 1. The lowest BCUT2D eigenvalue weighted by molar-refractivity contribution is -0.140. The first-order valence-electron chi connectivity index (χ1n) is 8.66. The Morgan fingerprint density at radius 1 is 1.30 bits per heavy atom. The van der Waals surface area contributed by atoms with E-state index in [9.17, 15) is 27.9 Å². The summed E-state index contributed by atoms with van der Waals surface area (Å²) in [6.45, 7) is 5.48. The first kappa shape index (κ1) is 20.7. The molecule has 2 aromatic rings. The number of halogens is 3. The van der Waals surface area contributed by atoms with E-state index in [4.69, 9.17) is 0 Å². The number of carbonyl (C=O) groups is 2. The van der Waals surface area contributed by atoms with E-state index in [0.29, 0.717) is 18.5 Å². The molecule has 148 valence electrons. The highest BCUT2D eigenvalue weighted by Gasteiger charge is 2.32. The van der Waals surface area contributed by atoms with E-state index in [1.165, 1.54) is 6.07 Å². The standard InChI is InChI=1S/C18H22F3N3O3/c1-4-5-12-15(16(25)23-13(17(26)27)8-10(2)3)24-9-11(18(19,20)21)6-7-14(24)22-12/h6-7,9-10,13H,4-5,8H2,1-3H3,(H,23,25)(H,26,27). The maximum Gasteiger partial charge on any atom is 0.417 e. The SMILES string of the molecule is CCCc1nc2ccc(C(F)(F)F)cn2c1C(=O)NC(CC(C)C)C(=O)O. The topological polar surface area (TPSA) is 83.7 Å². The van der Waals surface area contributed by atoms with Crippen molar-refractivity contribution in [2.24, 2.45) is 5.92 Å². The third-order valence-corrected chi connectivity index (χ3v) is 4.03. The molecule has 1 atom stereocenters. The summed E-state index contributed by atoms with van der Waals surface area (Å²) in [7, 11) is 0. The number of carboxylic acids is 1. The van der Waals surface area contributed by atoms with E-state index in [1.807, 2.05) is 20.8 Å². The van der Waals surface area contributed by atoms with Gasteiger partial charge in [-0.15, -0.1) is 0 Å². The van der Waals surface area contributed by atoms with Gasteiger partial charge in [-0.05, 0) is 30.9 Å². The zero-order valence-electron chi connectivity index (χ0n) is 15.3. The highest BCUT2D eigenvalue weighted by Crippen LogP contribution is 2.30. The number of aliphatic carboxylic acids is 1. The maximum atomic E-state index is 13.1. The predicted octanol–water partition coefficient (Wildman–Crippen LogP) is 3.53. The van der Waals surface area contributed by atoms with Gasteiger partial charge in [0.15, 0.2) is 0 Å². The van der Waals surface area contributed by atoms with Gasteiger partial charge in [-0.3, -0.25) is 9.20 Å². The number of rotatable bonds is 7. The number of hydrogen-bond donors (Lipinski definition) is 2. The lowest BCUT2D eigenvalue weighted by Crippen LogP contribution is -2.42. The summed E-state index contributed by atoms with van der Waals surface area (Å²) < 4.78 is 40.2. The van der Waals surface area contributed by atoms with E-state index in [2.05, 4.69) is 10.3 Å². The molecule has 0 saturated carbocycles. The fraction of sp³-hybridized carbons (Fsp3) is 0.500. The summed E-state index contributed by atoms with van der Waals surface area (Å²) >= 11 is 0. The van der Waals surface area contributed by atoms with Gasteiger partial charge in [0.05, 0.1) is 11.3 Å². The average Bonchev–Trinajstić information content (AvgIpc) is 2.90. The van der Waals surface area contributed by atoms with Gasteiger partial charge in [0, 0.05) is 6.20 Å². The normalized spacial score (nSPS) is 13.1. The summed E-state index contributed by atoms with van der Waals surface area (Å²) in [6.07, 6.45) is -2.54. The average molecular weight is 385 g/mol. The number of aromatic nitrogens is 2. The van der Waals surface area contributed by atoms with Crippen molar-refractivity contribution in [3.05, 3.63) is 35.3 Å². The van der Waals surface area contributed by atoms with Gasteiger partial charge >= 0.3 is 12.1 Å². The molecule has 0 radical (unpaired) electrons. The molecule has 0 saturated heterocycles. The van der Waals surface area contributed by atoms with Crippen LogP contribution in [0, 0.1) is 5.92 Å². The molecular formula is C18H22F3N3O3. The molecule has 6 nitrogen and oxygen atoms in total. The molecule has 1 unspecified atom stereocenters. The molecule has 0 bridgehead atoms. The smallest absolute Gasteiger partial charge is 0.417 e. The number of pyridine rings is 1. The summed E-state index contributed by atoms with van der Waals surface area (Å²) in [5.74, 6) is -1.93. The number of amides is 1. The molecular weight excluding hydrogens is 363 g/mol. The number of nitrogens with one attached hydrogen (secondary N) is 1. The van der Waals surface area contributed by atoms with Crippen molar-refractivity contribution in [3.63, 3.8) is 0 Å². The Balaban J connectivity index is 2.51. The fourth-order valence-electron chi connectivity index (χ4n) is 2.83. The van der Waals surface area contributed by atoms with Crippen LogP contribution < -0.4 is 5.32 Å². The molecule has 2 rings (SSSR count). The minimum Gasteiger partial charge on any atom is -0.480 e. The maximum absolute atomic E-state index is 13.1. The van der Waals surface area contributed by atoms with E-state index in [0.717, 1.165) is 16.7 Å². The Morgan fingerprint density at radius 3 is 2.48 bits per heavy atom. The van der Waals surface area contributed by atoms with Crippen LogP contribution in [0.3, 0.4) is 0 Å². The van der Waals surface area contributed by atoms with Crippen molar-refractivity contribution in [1.29, 1.82) is 0 Å². The molecule has 0 aliphatic carbocycles. The van der Waals surface area contributed by atoms with Crippen molar-refractivity contribution < 1.29 is 27.9 Å². The van der Waals surface area contributed by atoms with Crippen LogP contribution in [0.5, 0.6) is 0 Å². The molecule has 2 aromatic heterocycles. The van der Waals surface area contributed by atoms with Crippen molar-refractivity contribution in [2.75, 3.05) is 0 Å². The van der Waals surface area contributed by atoms with Crippen LogP contribution in [0.25, 0.3) is 5.65 Å². The molecule has 1 amide bonds. The molecule has 2 heterocycles. The van der Waals surface area contributed by atoms with E-state index < -0.39 is 29.7 Å². The van der Waals surface area contributed by atoms with Crippen LogP contribution >= 0.6 is 0 Å². The number of hydrogen-bond acceptors (Lipinski definition) is 3. The number of aryl methyl sites for hydroxylation is 1.